The molecule has 1 atom stereocenters. The normalized spacial score (nSPS) is 14.2. The van der Waals surface area contributed by atoms with Gasteiger partial charge in [0, 0.05) is 0 Å². The van der Waals surface area contributed by atoms with Gasteiger partial charge in [0.2, 0.25) is 0 Å². The first-order chi connectivity index (χ1) is 9.61. The van der Waals surface area contributed by atoms with E-state index in [1.807, 2.05) is 13.8 Å². The van der Waals surface area contributed by atoms with Crippen molar-refractivity contribution in [3.63, 3.8) is 0 Å². The molecule has 0 spiro atoms. The van der Waals surface area contributed by atoms with Gasteiger partial charge in [-0.15, -0.1) is 0 Å². The van der Waals surface area contributed by atoms with E-state index in [0.717, 1.165) is 6.42 Å². The Hall–Kier alpha value is -0.570. The summed E-state index contributed by atoms with van der Waals surface area (Å²) in [6, 6.07) is 0. The lowest BCUT2D eigenvalue weighted by Crippen LogP contribution is -2.43. The van der Waals surface area contributed by atoms with Crippen molar-refractivity contribution in [1.82, 2.24) is 0 Å². The number of carboxylic acids is 1. The van der Waals surface area contributed by atoms with Crippen molar-refractivity contribution in [3.05, 3.63) is 0 Å². The number of hydrogen-bond donors (Lipinski definition) is 1. The van der Waals surface area contributed by atoms with Crippen LogP contribution in [0.4, 0.5) is 0 Å². The summed E-state index contributed by atoms with van der Waals surface area (Å²) in [5.74, 6) is -0.536. The molecule has 3 heteroatoms. The molecule has 0 rings (SSSR count). The third-order valence-corrected chi connectivity index (χ3v) is 4.30. The second kappa shape index (κ2) is 9.45. The van der Waals surface area contributed by atoms with Gasteiger partial charge < -0.3 is 9.84 Å². The number of unbranched alkanes of at least 4 members (excludes halogenated alkanes) is 5. The predicted molar refractivity (Wildman–Crippen MR) is 88.6 cm³/mol. The summed E-state index contributed by atoms with van der Waals surface area (Å²) < 4.78 is 5.68. The van der Waals surface area contributed by atoms with Gasteiger partial charge in [-0.3, -0.25) is 0 Å². The molecule has 3 nitrogen and oxygen atoms in total. The maximum atomic E-state index is 10.8. The van der Waals surface area contributed by atoms with Crippen LogP contribution in [0.15, 0.2) is 0 Å². The van der Waals surface area contributed by atoms with Crippen molar-refractivity contribution in [2.24, 2.45) is 11.3 Å². The first-order valence-electron chi connectivity index (χ1n) is 8.47. The van der Waals surface area contributed by atoms with E-state index in [9.17, 15) is 4.79 Å². The van der Waals surface area contributed by atoms with Crippen molar-refractivity contribution in [2.75, 3.05) is 6.61 Å². The number of hydrogen-bond acceptors (Lipinski definition) is 2. The van der Waals surface area contributed by atoms with Crippen molar-refractivity contribution in [2.45, 2.75) is 92.1 Å². The minimum Gasteiger partial charge on any atom is -0.480 e. The summed E-state index contributed by atoms with van der Waals surface area (Å²) in [6.07, 6.45) is 8.81. The van der Waals surface area contributed by atoms with Gasteiger partial charge in [-0.25, -0.2) is 4.79 Å². The van der Waals surface area contributed by atoms with Gasteiger partial charge >= 0.3 is 5.97 Å². The number of ether oxygens (including phenoxy) is 1. The smallest absolute Gasteiger partial charge is 0.329 e. The molecule has 0 aromatic heterocycles. The fourth-order valence-corrected chi connectivity index (χ4v) is 3.30. The Kier molecular flexibility index (Phi) is 9.19. The highest BCUT2D eigenvalue weighted by Crippen LogP contribution is 2.40. The van der Waals surface area contributed by atoms with Crippen LogP contribution in [-0.2, 0) is 9.53 Å². The van der Waals surface area contributed by atoms with Crippen LogP contribution in [-0.4, -0.2) is 23.3 Å². The van der Waals surface area contributed by atoms with Crippen LogP contribution in [0.3, 0.4) is 0 Å². The monoisotopic (exact) mass is 300 g/mol. The Balaban J connectivity index is 4.41. The standard InChI is InChI=1S/C18H36O3/c1-7-8-9-10-11-12-13-15(17(2,3)4)18(5,6)21-14-16(19)20/h15H,7-14H2,1-6H3,(H,19,20). The molecule has 0 aliphatic heterocycles. The number of carbonyl (C=O) groups is 1. The Morgan fingerprint density at radius 3 is 2.00 bits per heavy atom. The number of carboxylic acid groups (broad SMARTS) is 1. The summed E-state index contributed by atoms with van der Waals surface area (Å²) in [7, 11) is 0. The van der Waals surface area contributed by atoms with E-state index < -0.39 is 11.6 Å². The molecule has 0 aliphatic rings. The summed E-state index contributed by atoms with van der Waals surface area (Å²) in [5.41, 5.74) is -0.286. The van der Waals surface area contributed by atoms with Gasteiger partial charge in [-0.1, -0.05) is 66.2 Å². The van der Waals surface area contributed by atoms with Crippen molar-refractivity contribution in [1.29, 1.82) is 0 Å². The molecule has 1 unspecified atom stereocenters. The Bertz CT molecular complexity index is 289. The van der Waals surface area contributed by atoms with E-state index in [-0.39, 0.29) is 12.0 Å². The molecule has 0 amide bonds. The van der Waals surface area contributed by atoms with E-state index in [4.69, 9.17) is 9.84 Å². The molecular formula is C18H36O3. The Morgan fingerprint density at radius 2 is 1.52 bits per heavy atom. The predicted octanol–water partition coefficient (Wildman–Crippen LogP) is 5.28. The van der Waals surface area contributed by atoms with Gasteiger partial charge in [0.1, 0.15) is 6.61 Å². The van der Waals surface area contributed by atoms with Crippen LogP contribution >= 0.6 is 0 Å². The second-order valence-electron chi connectivity index (χ2n) is 7.76. The molecule has 0 aromatic rings. The van der Waals surface area contributed by atoms with Crippen LogP contribution < -0.4 is 0 Å². The average molecular weight is 300 g/mol. The van der Waals surface area contributed by atoms with Crippen molar-refractivity contribution < 1.29 is 14.6 Å². The zero-order chi connectivity index (χ0) is 16.5. The first kappa shape index (κ1) is 20.4. The van der Waals surface area contributed by atoms with E-state index in [1.54, 1.807) is 0 Å². The zero-order valence-corrected chi connectivity index (χ0v) is 15.0. The third kappa shape index (κ3) is 9.13. The van der Waals surface area contributed by atoms with Gasteiger partial charge in [0.15, 0.2) is 0 Å². The molecule has 0 radical (unpaired) electrons. The van der Waals surface area contributed by atoms with Crippen LogP contribution in [0.2, 0.25) is 0 Å². The van der Waals surface area contributed by atoms with E-state index in [2.05, 4.69) is 27.7 Å². The Morgan fingerprint density at radius 1 is 1.00 bits per heavy atom. The summed E-state index contributed by atoms with van der Waals surface area (Å²) in [4.78, 5) is 10.8. The van der Waals surface area contributed by atoms with Crippen molar-refractivity contribution >= 4 is 5.97 Å². The molecule has 0 bridgehead atoms. The molecule has 0 aliphatic carbocycles. The van der Waals surface area contributed by atoms with Gasteiger partial charge in [-0.05, 0) is 31.6 Å². The average Bonchev–Trinajstić information content (AvgIpc) is 2.33. The van der Waals surface area contributed by atoms with Gasteiger partial charge in [-0.2, -0.15) is 0 Å². The minimum absolute atomic E-state index is 0.116. The van der Waals surface area contributed by atoms with Crippen LogP contribution in [0.5, 0.6) is 0 Å². The van der Waals surface area contributed by atoms with Crippen LogP contribution in [0.1, 0.15) is 86.5 Å². The Labute approximate surface area is 131 Å². The largest absolute Gasteiger partial charge is 0.480 e. The maximum absolute atomic E-state index is 10.8. The minimum atomic E-state index is -0.893. The zero-order valence-electron chi connectivity index (χ0n) is 15.0. The second-order valence-corrected chi connectivity index (χ2v) is 7.76. The van der Waals surface area contributed by atoms with Gasteiger partial charge in [0.25, 0.3) is 0 Å². The SMILES string of the molecule is CCCCCCCCC(C(C)(C)C)C(C)(C)OCC(=O)O. The number of aliphatic carboxylic acids is 1. The molecule has 21 heavy (non-hydrogen) atoms. The van der Waals surface area contributed by atoms with Gasteiger partial charge in [0.05, 0.1) is 5.60 Å². The summed E-state index contributed by atoms with van der Waals surface area (Å²) in [6.45, 7) is 12.8. The summed E-state index contributed by atoms with van der Waals surface area (Å²) >= 11 is 0. The molecule has 1 N–H and O–H groups in total. The molecular weight excluding hydrogens is 264 g/mol. The lowest BCUT2D eigenvalue weighted by atomic mass is 9.69. The van der Waals surface area contributed by atoms with E-state index in [0.29, 0.717) is 5.92 Å². The lowest BCUT2D eigenvalue weighted by molar-refractivity contribution is -0.155. The van der Waals surface area contributed by atoms with Crippen LogP contribution in [0.25, 0.3) is 0 Å². The highest BCUT2D eigenvalue weighted by Gasteiger charge is 2.38. The molecule has 0 heterocycles. The van der Waals surface area contributed by atoms with E-state index >= 15 is 0 Å². The first-order valence-corrected chi connectivity index (χ1v) is 8.47. The maximum Gasteiger partial charge on any atom is 0.329 e. The third-order valence-electron chi connectivity index (χ3n) is 4.30. The molecule has 0 fully saturated rings. The summed E-state index contributed by atoms with van der Waals surface area (Å²) in [5, 5.41) is 8.83. The highest BCUT2D eigenvalue weighted by molar-refractivity contribution is 5.68. The highest BCUT2D eigenvalue weighted by atomic mass is 16.5. The molecule has 0 aromatic carbocycles. The van der Waals surface area contributed by atoms with Crippen LogP contribution in [0, 0.1) is 11.3 Å². The fraction of sp³-hybridized carbons (Fsp3) is 0.944. The molecule has 0 saturated heterocycles. The quantitative estimate of drug-likeness (QED) is 0.528. The topological polar surface area (TPSA) is 46.5 Å². The van der Waals surface area contributed by atoms with Crippen molar-refractivity contribution in [3.8, 4) is 0 Å². The van der Waals surface area contributed by atoms with E-state index in [1.165, 1.54) is 38.5 Å². The molecule has 0 saturated carbocycles. The lowest BCUT2D eigenvalue weighted by Gasteiger charge is -2.42. The fourth-order valence-electron chi connectivity index (χ4n) is 3.30. The molecule has 126 valence electrons. The number of rotatable bonds is 11.